The molecule has 206 valence electrons. The number of rotatable bonds is 7. The zero-order chi connectivity index (χ0) is 27.8. The zero-order valence-electron chi connectivity index (χ0n) is 22.7. The van der Waals surface area contributed by atoms with Gasteiger partial charge in [0.15, 0.2) is 0 Å². The van der Waals surface area contributed by atoms with Crippen molar-refractivity contribution in [3.05, 3.63) is 54.1 Å². The number of carbonyl (C=O) groups is 3. The van der Waals surface area contributed by atoms with Crippen LogP contribution < -0.4 is 20.7 Å². The molecule has 0 aliphatic carbocycles. The summed E-state index contributed by atoms with van der Waals surface area (Å²) >= 11 is 0. The van der Waals surface area contributed by atoms with E-state index in [1.165, 1.54) is 0 Å². The second-order valence-corrected chi connectivity index (χ2v) is 10.1. The summed E-state index contributed by atoms with van der Waals surface area (Å²) in [6.45, 7) is 7.95. The van der Waals surface area contributed by atoms with E-state index in [1.807, 2.05) is 51.1 Å². The Morgan fingerprint density at radius 1 is 1.11 bits per heavy atom. The van der Waals surface area contributed by atoms with Crippen LogP contribution in [-0.2, 0) is 11.2 Å². The Kier molecular flexibility index (Phi) is 9.95. The fourth-order valence-electron chi connectivity index (χ4n) is 4.25. The van der Waals surface area contributed by atoms with E-state index in [2.05, 4.69) is 16.0 Å². The van der Waals surface area contributed by atoms with Gasteiger partial charge in [0.25, 0.3) is 0 Å². The Bertz CT molecular complexity index is 1110. The molecule has 0 saturated heterocycles. The molecular weight excluding hydrogens is 486 g/mol. The van der Waals surface area contributed by atoms with E-state index in [9.17, 15) is 19.5 Å². The molecule has 1 aliphatic heterocycles. The number of nitrogens with one attached hydrogen (secondary N) is 3. The number of anilines is 2. The first-order valence-corrected chi connectivity index (χ1v) is 12.9. The molecule has 38 heavy (non-hydrogen) atoms. The number of amides is 5. The number of nitrogens with zero attached hydrogens (tertiary/aromatic N) is 2. The number of para-hydroxylation sites is 1. The predicted octanol–water partition coefficient (Wildman–Crippen LogP) is 3.53. The van der Waals surface area contributed by atoms with Gasteiger partial charge in [0.05, 0.1) is 25.6 Å². The average Bonchev–Trinajstić information content (AvgIpc) is 2.91. The third-order valence-electron chi connectivity index (χ3n) is 6.42. The standard InChI is InChI=1S/C28H39N5O5/c1-18(2)29-27(36)30-23-11-12-24-21(13-23)14-26(35)33(20(4)17-34)15-19(3)25(38-24)16-32(5)28(37)31-22-9-7-6-8-10-22/h6-13,18-20,25,34H,14-17H2,1-5H3,(H,31,37)(H2,29,30,36)/t19-,20+,25+/m1/s1. The molecule has 5 amide bonds. The third-order valence-corrected chi connectivity index (χ3v) is 6.42. The molecule has 0 radical (unpaired) electrons. The van der Waals surface area contributed by atoms with Crippen LogP contribution >= 0.6 is 0 Å². The number of aliphatic hydroxyl groups excluding tert-OH is 1. The van der Waals surface area contributed by atoms with Crippen molar-refractivity contribution in [2.24, 2.45) is 5.92 Å². The Labute approximate surface area is 224 Å². The van der Waals surface area contributed by atoms with E-state index in [-0.39, 0.29) is 55.5 Å². The number of carbonyl (C=O) groups excluding carboxylic acids is 3. The maximum Gasteiger partial charge on any atom is 0.321 e. The van der Waals surface area contributed by atoms with E-state index in [0.29, 0.717) is 29.2 Å². The molecule has 2 aromatic carbocycles. The zero-order valence-corrected chi connectivity index (χ0v) is 22.7. The normalized spacial score (nSPS) is 18.3. The molecular formula is C28H39N5O5. The van der Waals surface area contributed by atoms with Crippen molar-refractivity contribution in [2.75, 3.05) is 37.4 Å². The molecule has 0 unspecified atom stereocenters. The van der Waals surface area contributed by atoms with E-state index >= 15 is 0 Å². The van der Waals surface area contributed by atoms with E-state index < -0.39 is 6.10 Å². The molecule has 0 spiro atoms. The smallest absolute Gasteiger partial charge is 0.321 e. The van der Waals surface area contributed by atoms with E-state index in [0.717, 1.165) is 0 Å². The molecule has 3 rings (SSSR count). The maximum atomic E-state index is 13.3. The number of benzene rings is 2. The van der Waals surface area contributed by atoms with Crippen molar-refractivity contribution < 1.29 is 24.2 Å². The van der Waals surface area contributed by atoms with Gasteiger partial charge in [-0.25, -0.2) is 9.59 Å². The molecule has 2 aromatic rings. The van der Waals surface area contributed by atoms with Crippen molar-refractivity contribution in [1.82, 2.24) is 15.1 Å². The van der Waals surface area contributed by atoms with Crippen molar-refractivity contribution in [3.8, 4) is 5.75 Å². The number of likely N-dealkylation sites (N-methyl/N-ethyl adjacent to an activating group) is 1. The van der Waals surface area contributed by atoms with Gasteiger partial charge in [-0.1, -0.05) is 25.1 Å². The Hall–Kier alpha value is -3.79. The van der Waals surface area contributed by atoms with E-state index in [1.54, 1.807) is 42.0 Å². The van der Waals surface area contributed by atoms with Crippen molar-refractivity contribution >= 4 is 29.3 Å². The summed E-state index contributed by atoms with van der Waals surface area (Å²) in [6, 6.07) is 13.4. The molecule has 0 bridgehead atoms. The number of hydrogen-bond donors (Lipinski definition) is 4. The molecule has 4 N–H and O–H groups in total. The quantitative estimate of drug-likeness (QED) is 0.440. The van der Waals surface area contributed by atoms with Gasteiger partial charge in [0, 0.05) is 42.5 Å². The lowest BCUT2D eigenvalue weighted by molar-refractivity contribution is -0.134. The fourth-order valence-corrected chi connectivity index (χ4v) is 4.25. The first kappa shape index (κ1) is 28.8. The number of hydrogen-bond acceptors (Lipinski definition) is 5. The number of urea groups is 2. The van der Waals surface area contributed by atoms with Gasteiger partial charge >= 0.3 is 12.1 Å². The van der Waals surface area contributed by atoms with Gasteiger partial charge < -0.3 is 35.6 Å². The van der Waals surface area contributed by atoms with Gasteiger partial charge in [0.1, 0.15) is 11.9 Å². The van der Waals surface area contributed by atoms with Crippen molar-refractivity contribution in [3.63, 3.8) is 0 Å². The minimum absolute atomic E-state index is 0.0281. The topological polar surface area (TPSA) is 123 Å². The number of fused-ring (bicyclic) bond motifs is 1. The maximum absolute atomic E-state index is 13.3. The van der Waals surface area contributed by atoms with Crippen LogP contribution in [0.1, 0.15) is 33.3 Å². The van der Waals surface area contributed by atoms with Crippen LogP contribution in [-0.4, -0.2) is 77.8 Å². The van der Waals surface area contributed by atoms with Crippen LogP contribution in [0.3, 0.4) is 0 Å². The Morgan fingerprint density at radius 3 is 2.47 bits per heavy atom. The highest BCUT2D eigenvalue weighted by atomic mass is 16.5. The molecule has 3 atom stereocenters. The second-order valence-electron chi connectivity index (χ2n) is 10.1. The minimum atomic E-state index is -0.442. The summed E-state index contributed by atoms with van der Waals surface area (Å²) in [5.41, 5.74) is 1.83. The summed E-state index contributed by atoms with van der Waals surface area (Å²) in [7, 11) is 1.70. The first-order valence-electron chi connectivity index (χ1n) is 12.9. The third kappa shape index (κ3) is 7.85. The molecule has 1 aliphatic rings. The lowest BCUT2D eigenvalue weighted by Crippen LogP contribution is -2.48. The highest BCUT2D eigenvalue weighted by Gasteiger charge is 2.32. The summed E-state index contributed by atoms with van der Waals surface area (Å²) < 4.78 is 6.44. The van der Waals surface area contributed by atoms with Gasteiger partial charge in [-0.05, 0) is 51.1 Å². The summed E-state index contributed by atoms with van der Waals surface area (Å²) in [6.07, 6.45) is -0.396. The highest BCUT2D eigenvalue weighted by molar-refractivity contribution is 5.90. The highest BCUT2D eigenvalue weighted by Crippen LogP contribution is 2.29. The predicted molar refractivity (Wildman–Crippen MR) is 147 cm³/mol. The fraction of sp³-hybridized carbons (Fsp3) is 0.464. The average molecular weight is 526 g/mol. The van der Waals surface area contributed by atoms with Crippen LogP contribution in [0.2, 0.25) is 0 Å². The molecule has 10 heteroatoms. The second kappa shape index (κ2) is 13.1. The van der Waals surface area contributed by atoms with Crippen LogP contribution in [0, 0.1) is 5.92 Å². The molecule has 1 heterocycles. The van der Waals surface area contributed by atoms with Gasteiger partial charge in [0.2, 0.25) is 5.91 Å². The van der Waals surface area contributed by atoms with Crippen molar-refractivity contribution in [2.45, 2.75) is 52.3 Å². The largest absolute Gasteiger partial charge is 0.488 e. The van der Waals surface area contributed by atoms with Crippen molar-refractivity contribution in [1.29, 1.82) is 0 Å². The Morgan fingerprint density at radius 2 is 1.82 bits per heavy atom. The Balaban J connectivity index is 1.87. The van der Waals surface area contributed by atoms with Crippen LogP contribution in [0.15, 0.2) is 48.5 Å². The monoisotopic (exact) mass is 525 g/mol. The van der Waals surface area contributed by atoms with Gasteiger partial charge in [-0.3, -0.25) is 4.79 Å². The number of aliphatic hydroxyl groups is 1. The number of ether oxygens (including phenoxy) is 1. The molecule has 0 aromatic heterocycles. The lowest BCUT2D eigenvalue weighted by Gasteiger charge is -2.34. The summed E-state index contributed by atoms with van der Waals surface area (Å²) in [5, 5.41) is 18.3. The van der Waals surface area contributed by atoms with Crippen LogP contribution in [0.4, 0.5) is 21.0 Å². The summed E-state index contributed by atoms with van der Waals surface area (Å²) in [5.74, 6) is 0.212. The lowest BCUT2D eigenvalue weighted by atomic mass is 10.0. The minimum Gasteiger partial charge on any atom is -0.488 e. The van der Waals surface area contributed by atoms with Gasteiger partial charge in [-0.2, -0.15) is 0 Å². The van der Waals surface area contributed by atoms with Crippen LogP contribution in [0.25, 0.3) is 0 Å². The molecule has 10 nitrogen and oxygen atoms in total. The SMILES string of the molecule is CC(C)NC(=O)Nc1ccc2c(c1)CC(=O)N([C@@H](C)CO)C[C@@H](C)[C@H](CN(C)C(=O)Nc1ccccc1)O2. The van der Waals surface area contributed by atoms with E-state index in [4.69, 9.17) is 4.74 Å². The van der Waals surface area contributed by atoms with Gasteiger partial charge in [-0.15, -0.1) is 0 Å². The van der Waals surface area contributed by atoms with Crippen LogP contribution in [0.5, 0.6) is 5.75 Å². The molecule has 0 fully saturated rings. The molecule has 0 saturated carbocycles. The summed E-state index contributed by atoms with van der Waals surface area (Å²) in [4.78, 5) is 41.6. The first-order chi connectivity index (χ1) is 18.1.